The summed E-state index contributed by atoms with van der Waals surface area (Å²) in [7, 11) is 0. The van der Waals surface area contributed by atoms with Crippen molar-refractivity contribution in [3.8, 4) is 0 Å². The van der Waals surface area contributed by atoms with Gasteiger partial charge in [-0.3, -0.25) is 9.36 Å². The number of amides is 1. The van der Waals surface area contributed by atoms with E-state index in [0.717, 1.165) is 38.5 Å². The van der Waals surface area contributed by atoms with Crippen LogP contribution in [0.1, 0.15) is 51.0 Å². The molecule has 6 rings (SSSR count). The first-order valence-corrected chi connectivity index (χ1v) is 12.8. The number of nitrogens with zero attached hydrogens (tertiary/aromatic N) is 4. The highest BCUT2D eigenvalue weighted by Gasteiger charge is 2.31. The molecule has 3 aliphatic rings. The number of nitrogens with one attached hydrogen (secondary N) is 3. The molecule has 1 amide bonds. The number of halogens is 3. The monoisotopic (exact) mass is 515 g/mol. The predicted octanol–water partition coefficient (Wildman–Crippen LogP) is 4.20. The average Bonchev–Trinajstić information content (AvgIpc) is 3.38. The Balaban J connectivity index is 1.23. The van der Waals surface area contributed by atoms with E-state index in [2.05, 4.69) is 25.9 Å². The van der Waals surface area contributed by atoms with Gasteiger partial charge in [-0.2, -0.15) is 4.98 Å². The lowest BCUT2D eigenvalue weighted by Gasteiger charge is -2.28. The van der Waals surface area contributed by atoms with Gasteiger partial charge in [-0.25, -0.2) is 23.1 Å². The van der Waals surface area contributed by atoms with E-state index in [0.29, 0.717) is 54.9 Å². The molecule has 0 spiro atoms. The molecule has 1 saturated heterocycles. The lowest BCUT2D eigenvalue weighted by molar-refractivity contribution is -0.126. The third kappa shape index (κ3) is 5.07. The van der Waals surface area contributed by atoms with Gasteiger partial charge in [0.2, 0.25) is 17.8 Å². The fourth-order valence-electron chi connectivity index (χ4n) is 5.12. The number of anilines is 3. The maximum atomic E-state index is 14.4. The van der Waals surface area contributed by atoms with Crippen LogP contribution in [0.4, 0.5) is 30.8 Å². The van der Waals surface area contributed by atoms with E-state index in [-0.39, 0.29) is 29.9 Å². The molecule has 3 N–H and O–H groups in total. The molecule has 0 bridgehead atoms. The first kappa shape index (κ1) is 24.0. The molecule has 2 aromatic heterocycles. The van der Waals surface area contributed by atoms with Crippen molar-refractivity contribution in [2.24, 2.45) is 5.92 Å². The molecule has 0 unspecified atom stereocenters. The van der Waals surface area contributed by atoms with Gasteiger partial charge >= 0.3 is 0 Å². The number of ether oxygens (including phenoxy) is 1. The summed E-state index contributed by atoms with van der Waals surface area (Å²) in [6.45, 7) is 0.936. The second-order valence-electron chi connectivity index (χ2n) is 10.1. The Morgan fingerprint density at radius 3 is 2.38 bits per heavy atom. The Hall–Kier alpha value is -3.41. The van der Waals surface area contributed by atoms with Gasteiger partial charge in [0.15, 0.2) is 17.3 Å². The predicted molar refractivity (Wildman–Crippen MR) is 130 cm³/mol. The number of carbonyl (C=O) groups is 1. The molecule has 12 heteroatoms. The lowest BCUT2D eigenvalue weighted by Crippen LogP contribution is -2.37. The van der Waals surface area contributed by atoms with E-state index >= 15 is 0 Å². The van der Waals surface area contributed by atoms with Crippen molar-refractivity contribution in [1.29, 1.82) is 0 Å². The summed E-state index contributed by atoms with van der Waals surface area (Å²) in [5.74, 6) is -2.32. The van der Waals surface area contributed by atoms with Crippen LogP contribution in [0.25, 0.3) is 11.2 Å². The third-order valence-electron chi connectivity index (χ3n) is 7.30. The largest absolute Gasteiger partial charge is 0.379 e. The quantitative estimate of drug-likeness (QED) is 0.433. The number of aromatic nitrogens is 4. The van der Waals surface area contributed by atoms with E-state index in [1.165, 1.54) is 0 Å². The van der Waals surface area contributed by atoms with Crippen LogP contribution in [0.15, 0.2) is 18.3 Å². The van der Waals surface area contributed by atoms with Gasteiger partial charge in [0.05, 0.1) is 18.8 Å². The molecule has 1 aromatic carbocycles. The maximum absolute atomic E-state index is 14.4. The highest BCUT2D eigenvalue weighted by molar-refractivity contribution is 5.79. The van der Waals surface area contributed by atoms with Crippen molar-refractivity contribution < 1.29 is 22.7 Å². The van der Waals surface area contributed by atoms with Gasteiger partial charge in [0, 0.05) is 36.7 Å². The average molecular weight is 516 g/mol. The van der Waals surface area contributed by atoms with Gasteiger partial charge in [-0.1, -0.05) is 0 Å². The molecule has 1 aliphatic heterocycles. The summed E-state index contributed by atoms with van der Waals surface area (Å²) in [6.07, 6.45) is 7.67. The van der Waals surface area contributed by atoms with Crippen LogP contribution in [-0.4, -0.2) is 50.7 Å². The third-order valence-corrected chi connectivity index (χ3v) is 7.30. The molecule has 3 heterocycles. The molecule has 2 aliphatic carbocycles. The second kappa shape index (κ2) is 9.81. The van der Waals surface area contributed by atoms with Gasteiger partial charge in [0.25, 0.3) is 0 Å². The maximum Gasteiger partial charge on any atom is 0.224 e. The second-order valence-corrected chi connectivity index (χ2v) is 10.1. The van der Waals surface area contributed by atoms with Crippen LogP contribution < -0.4 is 16.0 Å². The van der Waals surface area contributed by atoms with Gasteiger partial charge in [-0.05, 0) is 44.9 Å². The van der Waals surface area contributed by atoms with E-state index in [4.69, 9.17) is 9.72 Å². The zero-order valence-corrected chi connectivity index (χ0v) is 20.1. The zero-order chi connectivity index (χ0) is 25.5. The van der Waals surface area contributed by atoms with Crippen molar-refractivity contribution in [1.82, 2.24) is 24.8 Å². The van der Waals surface area contributed by atoms with Crippen LogP contribution in [-0.2, 0) is 9.53 Å². The van der Waals surface area contributed by atoms with E-state index < -0.39 is 23.1 Å². The Bertz CT molecular complexity index is 1290. The summed E-state index contributed by atoms with van der Waals surface area (Å²) in [5, 5.41) is 9.16. The first-order chi connectivity index (χ1) is 17.9. The minimum absolute atomic E-state index is 0.0479. The molecule has 3 aromatic rings. The number of imidazole rings is 1. The van der Waals surface area contributed by atoms with Crippen LogP contribution in [0.5, 0.6) is 0 Å². The van der Waals surface area contributed by atoms with E-state index in [1.54, 1.807) is 10.8 Å². The van der Waals surface area contributed by atoms with Crippen molar-refractivity contribution in [3.63, 3.8) is 0 Å². The Morgan fingerprint density at radius 1 is 0.973 bits per heavy atom. The standard InChI is InChI=1S/C25H28F3N7O2/c26-14-9-18(27)21(19(28)10-14)33-25-32-20-11-29-24(34-22(20)35(25)17-7-8-37-12-17)31-16-3-1-13(2-4-16)23(36)30-15-5-6-15/h9-11,13,15-17H,1-8,12H2,(H,30,36)(H,32,33)(H,29,31,34)/t13-,16-,17-/m1/s1. The molecular formula is C25H28F3N7O2. The topological polar surface area (TPSA) is 106 Å². The van der Waals surface area contributed by atoms with Crippen molar-refractivity contribution in [2.75, 3.05) is 23.8 Å². The van der Waals surface area contributed by atoms with Gasteiger partial charge in [-0.15, -0.1) is 0 Å². The molecule has 0 radical (unpaired) electrons. The highest BCUT2D eigenvalue weighted by Crippen LogP contribution is 2.33. The molecule has 3 fully saturated rings. The Morgan fingerprint density at radius 2 is 1.70 bits per heavy atom. The number of fused-ring (bicyclic) bond motifs is 1. The smallest absolute Gasteiger partial charge is 0.224 e. The van der Waals surface area contributed by atoms with Crippen molar-refractivity contribution in [2.45, 2.75) is 63.1 Å². The fraction of sp³-hybridized carbons (Fsp3) is 0.520. The number of carbonyl (C=O) groups excluding carboxylic acids is 1. The summed E-state index contributed by atoms with van der Waals surface area (Å²) >= 11 is 0. The van der Waals surface area contributed by atoms with Crippen LogP contribution in [0, 0.1) is 23.4 Å². The van der Waals surface area contributed by atoms with Gasteiger partial charge in [0.1, 0.15) is 17.0 Å². The minimum atomic E-state index is -1.06. The van der Waals surface area contributed by atoms with E-state index in [9.17, 15) is 18.0 Å². The van der Waals surface area contributed by atoms with Crippen molar-refractivity contribution >= 4 is 34.7 Å². The molecule has 1 atom stereocenters. The summed E-state index contributed by atoms with van der Waals surface area (Å²) in [5.41, 5.74) is 0.449. The first-order valence-electron chi connectivity index (χ1n) is 12.8. The summed E-state index contributed by atoms with van der Waals surface area (Å²) in [6, 6.07) is 1.58. The summed E-state index contributed by atoms with van der Waals surface area (Å²) in [4.78, 5) is 25.9. The van der Waals surface area contributed by atoms with Gasteiger partial charge < -0.3 is 20.7 Å². The summed E-state index contributed by atoms with van der Waals surface area (Å²) < 4.78 is 49.4. The zero-order valence-electron chi connectivity index (χ0n) is 20.1. The normalized spacial score (nSPS) is 23.8. The minimum Gasteiger partial charge on any atom is -0.379 e. The molecule has 37 heavy (non-hydrogen) atoms. The molecule has 2 saturated carbocycles. The fourth-order valence-corrected chi connectivity index (χ4v) is 5.12. The Labute approximate surface area is 211 Å². The van der Waals surface area contributed by atoms with Crippen LogP contribution in [0.2, 0.25) is 0 Å². The lowest BCUT2D eigenvalue weighted by atomic mass is 9.85. The number of hydrogen-bond donors (Lipinski definition) is 3. The molecular weight excluding hydrogens is 487 g/mol. The van der Waals surface area contributed by atoms with Crippen LogP contribution >= 0.6 is 0 Å². The Kier molecular flexibility index (Phi) is 6.35. The highest BCUT2D eigenvalue weighted by atomic mass is 19.1. The number of benzene rings is 1. The van der Waals surface area contributed by atoms with Crippen LogP contribution in [0.3, 0.4) is 0 Å². The van der Waals surface area contributed by atoms with E-state index in [1.807, 2.05) is 0 Å². The molecule has 196 valence electrons. The SMILES string of the molecule is O=C(NC1CC1)[C@H]1CC[C@H](Nc2ncc3nc(Nc4c(F)cc(F)cc4F)n([C@@H]4CCOC4)c3n2)CC1. The molecule has 9 nitrogen and oxygen atoms in total. The number of rotatable bonds is 7. The van der Waals surface area contributed by atoms with Crippen molar-refractivity contribution in [3.05, 3.63) is 35.8 Å². The number of hydrogen-bond acceptors (Lipinski definition) is 7.